The van der Waals surface area contributed by atoms with E-state index < -0.39 is 46.5 Å². The number of allylic oxidation sites excluding steroid dienone is 1. The molecule has 2 aromatic rings. The Morgan fingerprint density at radius 2 is 2.00 bits per heavy atom. The van der Waals surface area contributed by atoms with Gasteiger partial charge in [-0.25, -0.2) is 19.6 Å². The number of pyridine rings is 1. The third-order valence-corrected chi connectivity index (χ3v) is 9.39. The smallest absolute Gasteiger partial charge is 0.353 e. The van der Waals surface area contributed by atoms with E-state index in [1.165, 1.54) is 37.1 Å². The maximum atomic E-state index is 13.3. The number of thioether (sulfide) groups is 1. The molecule has 1 fully saturated rings. The zero-order valence-electron chi connectivity index (χ0n) is 25.7. The molecule has 5 rings (SSSR count). The number of carboxylic acid groups (broad SMARTS) is 2. The number of nitrogen functional groups attached to an aromatic ring is 1. The number of nitrogens with zero attached hydrogens (tertiary/aromatic N) is 6. The number of carbonyl (C=O) groups excluding carboxylic acids is 3. The van der Waals surface area contributed by atoms with E-state index >= 15 is 0 Å². The van der Waals surface area contributed by atoms with Gasteiger partial charge in [-0.05, 0) is 37.1 Å². The first-order chi connectivity index (χ1) is 22.7. The molecule has 1 saturated heterocycles. The van der Waals surface area contributed by atoms with Gasteiger partial charge in [-0.3, -0.25) is 24.3 Å². The molecule has 0 bridgehead atoms. The molecule has 0 spiro atoms. The van der Waals surface area contributed by atoms with Gasteiger partial charge in [-0.2, -0.15) is 0 Å². The van der Waals surface area contributed by atoms with Gasteiger partial charge in [0.15, 0.2) is 22.9 Å². The fraction of sp³-hybridized carbons (Fsp3) is 0.310. The number of carbonyl (C=O) groups is 5. The summed E-state index contributed by atoms with van der Waals surface area (Å²) < 4.78 is 0. The number of hydrazine groups is 1. The molecule has 17 nitrogen and oxygen atoms in total. The third kappa shape index (κ3) is 6.87. The standard InChI is InChI=1S/C29H30N8O9S2/c1-29(2,27(44)45)46-34-20(19-13-48-28(30)32-19)23(40)33-21-24(41)37-22(26(42)43)17(12-47-25(21)37)18-5-4-14(7-31-18)9-36-10-15(8-35(36)3)6-16(39)11-38/h4-8,11,13,21,25,39H,9-10,12H2,1-3H3,(H2,30,32)(H,33,40)(H,42,43)(H,44,45)/b16-6+,34-20-. The number of hydrogen-bond acceptors (Lipinski definition) is 15. The highest BCUT2D eigenvalue weighted by Crippen LogP contribution is 2.43. The summed E-state index contributed by atoms with van der Waals surface area (Å²) in [6.45, 7) is 3.34. The average Bonchev–Trinajstić information content (AvgIpc) is 3.62. The number of amides is 2. The first-order valence-electron chi connectivity index (χ1n) is 14.1. The van der Waals surface area contributed by atoms with Crippen molar-refractivity contribution in [3.05, 3.63) is 70.0 Å². The monoisotopic (exact) mass is 698 g/mol. The number of aromatic nitrogens is 2. The van der Waals surface area contributed by atoms with Crippen LogP contribution < -0.4 is 11.1 Å². The molecular weight excluding hydrogens is 668 g/mol. The predicted molar refractivity (Wildman–Crippen MR) is 173 cm³/mol. The molecule has 5 heterocycles. The highest BCUT2D eigenvalue weighted by molar-refractivity contribution is 8.00. The Kier molecular flexibility index (Phi) is 9.55. The van der Waals surface area contributed by atoms with Crippen LogP contribution in [0.25, 0.3) is 5.57 Å². The number of aliphatic hydroxyl groups is 1. The van der Waals surface area contributed by atoms with Crippen LogP contribution in [0.5, 0.6) is 0 Å². The van der Waals surface area contributed by atoms with Crippen LogP contribution in [0, 0.1) is 0 Å². The number of rotatable bonds is 12. The highest BCUT2D eigenvalue weighted by Gasteiger charge is 2.54. The summed E-state index contributed by atoms with van der Waals surface area (Å²) in [7, 11) is 1.82. The number of nitrogens with one attached hydrogen (secondary N) is 1. The Hall–Kier alpha value is -5.27. The lowest BCUT2D eigenvalue weighted by atomic mass is 10.0. The van der Waals surface area contributed by atoms with Crippen molar-refractivity contribution in [2.75, 3.05) is 25.1 Å². The van der Waals surface area contributed by atoms with Gasteiger partial charge in [0.2, 0.25) is 5.60 Å². The minimum atomic E-state index is -1.79. The lowest BCUT2D eigenvalue weighted by molar-refractivity contribution is -0.161. The van der Waals surface area contributed by atoms with E-state index in [0.29, 0.717) is 30.6 Å². The normalized spacial score (nSPS) is 20.2. The van der Waals surface area contributed by atoms with Gasteiger partial charge in [-0.1, -0.05) is 11.2 Å². The molecule has 3 aliphatic heterocycles. The van der Waals surface area contributed by atoms with Gasteiger partial charge >= 0.3 is 11.9 Å². The van der Waals surface area contributed by atoms with Gasteiger partial charge in [0, 0.05) is 49.2 Å². The van der Waals surface area contributed by atoms with Crippen molar-refractivity contribution in [3.8, 4) is 0 Å². The molecular formula is C29H30N8O9S2. The molecule has 19 heteroatoms. The Morgan fingerprint density at radius 3 is 2.60 bits per heavy atom. The van der Waals surface area contributed by atoms with Crippen molar-refractivity contribution >= 4 is 69.6 Å². The summed E-state index contributed by atoms with van der Waals surface area (Å²) in [4.78, 5) is 76.0. The quantitative estimate of drug-likeness (QED) is 0.0514. The lowest BCUT2D eigenvalue weighted by Crippen LogP contribution is -2.71. The van der Waals surface area contributed by atoms with Crippen LogP contribution in [0.1, 0.15) is 30.8 Å². The molecule has 252 valence electrons. The van der Waals surface area contributed by atoms with Crippen molar-refractivity contribution in [2.24, 2.45) is 5.16 Å². The van der Waals surface area contributed by atoms with Crippen LogP contribution in [-0.2, 0) is 35.4 Å². The number of hydrogen-bond donors (Lipinski definition) is 5. The molecule has 6 N–H and O–H groups in total. The highest BCUT2D eigenvalue weighted by atomic mass is 32.2. The second kappa shape index (κ2) is 13.5. The molecule has 2 aromatic heterocycles. The number of β-lactam (4-membered cyclic amide) rings is 1. The largest absolute Gasteiger partial charge is 0.505 e. The fourth-order valence-corrected chi connectivity index (χ4v) is 6.80. The number of nitrogens with two attached hydrogens (primary N) is 1. The van der Waals surface area contributed by atoms with E-state index in [1.807, 2.05) is 17.1 Å². The summed E-state index contributed by atoms with van der Waals surface area (Å²) in [5.41, 5.74) is 5.49. The Bertz CT molecular complexity index is 1800. The average molecular weight is 699 g/mol. The first kappa shape index (κ1) is 34.1. The number of carboxylic acids is 2. The van der Waals surface area contributed by atoms with E-state index in [4.69, 9.17) is 10.6 Å². The number of aliphatic hydroxyl groups excluding tert-OH is 1. The summed E-state index contributed by atoms with van der Waals surface area (Å²) >= 11 is 2.25. The van der Waals surface area contributed by atoms with Gasteiger partial charge in [0.05, 0.1) is 5.69 Å². The predicted octanol–water partition coefficient (Wildman–Crippen LogP) is 0.787. The van der Waals surface area contributed by atoms with Crippen molar-refractivity contribution in [1.82, 2.24) is 30.2 Å². The van der Waals surface area contributed by atoms with Crippen LogP contribution in [0.3, 0.4) is 0 Å². The van der Waals surface area contributed by atoms with Crippen molar-refractivity contribution < 1.29 is 44.1 Å². The third-order valence-electron chi connectivity index (χ3n) is 7.43. The Labute approximate surface area is 281 Å². The minimum absolute atomic E-state index is 0.00107. The molecule has 3 aliphatic rings. The molecule has 0 radical (unpaired) electrons. The number of aldehydes is 1. The molecule has 2 amide bonds. The number of thiazole rings is 1. The number of fused-ring (bicyclic) bond motifs is 1. The lowest BCUT2D eigenvalue weighted by Gasteiger charge is -2.49. The van der Waals surface area contributed by atoms with E-state index in [9.17, 15) is 39.3 Å². The maximum absolute atomic E-state index is 13.3. The van der Waals surface area contributed by atoms with Crippen LogP contribution in [0.4, 0.5) is 5.13 Å². The van der Waals surface area contributed by atoms with Crippen molar-refractivity contribution in [1.29, 1.82) is 0 Å². The van der Waals surface area contributed by atoms with Crippen LogP contribution in [0.15, 0.2) is 58.2 Å². The topological polar surface area (TPSA) is 241 Å². The van der Waals surface area contributed by atoms with Gasteiger partial charge in [0.25, 0.3) is 11.8 Å². The molecule has 0 aliphatic carbocycles. The summed E-state index contributed by atoms with van der Waals surface area (Å²) in [5.74, 6) is -4.45. The number of aliphatic carboxylic acids is 2. The fourth-order valence-electron chi connectivity index (χ4n) is 4.89. The molecule has 0 saturated carbocycles. The first-order valence-corrected chi connectivity index (χ1v) is 16.1. The van der Waals surface area contributed by atoms with Crippen molar-refractivity contribution in [3.63, 3.8) is 0 Å². The summed E-state index contributed by atoms with van der Waals surface area (Å²) in [5, 5.41) is 39.8. The van der Waals surface area contributed by atoms with E-state index in [-0.39, 0.29) is 28.0 Å². The molecule has 2 unspecified atom stereocenters. The van der Waals surface area contributed by atoms with Crippen molar-refractivity contribution in [2.45, 2.75) is 37.4 Å². The van der Waals surface area contributed by atoms with Crippen LogP contribution in [0.2, 0.25) is 0 Å². The van der Waals surface area contributed by atoms with E-state index in [0.717, 1.165) is 27.4 Å². The Balaban J connectivity index is 1.31. The molecule has 2 atom stereocenters. The zero-order chi connectivity index (χ0) is 34.9. The summed E-state index contributed by atoms with van der Waals surface area (Å²) in [6.07, 6.45) is 5.12. The summed E-state index contributed by atoms with van der Waals surface area (Å²) in [6, 6.07) is 2.33. The minimum Gasteiger partial charge on any atom is -0.505 e. The zero-order valence-corrected chi connectivity index (χ0v) is 27.3. The van der Waals surface area contributed by atoms with E-state index in [2.05, 4.69) is 20.4 Å². The second-order valence-electron chi connectivity index (χ2n) is 11.2. The molecule has 48 heavy (non-hydrogen) atoms. The van der Waals surface area contributed by atoms with Crippen LogP contribution in [-0.4, -0.2) is 112 Å². The SMILES string of the molecule is CN1C=C(/C=C(/O)C=O)CN1Cc1ccc(C2=C(C(=O)O)N3C(=O)C(NC(=O)/C(=N\OC(C)(C)C(=O)O)c4csc(N)n4)C3SC2)nc1. The van der Waals surface area contributed by atoms with Gasteiger partial charge in [0.1, 0.15) is 22.8 Å². The number of oxime groups is 1. The van der Waals surface area contributed by atoms with Gasteiger partial charge < -0.3 is 36.2 Å². The van der Waals surface area contributed by atoms with Crippen LogP contribution >= 0.6 is 23.1 Å². The van der Waals surface area contributed by atoms with E-state index in [1.54, 1.807) is 24.5 Å². The second-order valence-corrected chi connectivity index (χ2v) is 13.2. The Morgan fingerprint density at radius 1 is 1.25 bits per heavy atom. The maximum Gasteiger partial charge on any atom is 0.353 e. The van der Waals surface area contributed by atoms with Gasteiger partial charge in [-0.15, -0.1) is 23.1 Å². The molecule has 0 aromatic carbocycles. The number of anilines is 1.